The molecule has 4 nitrogen and oxygen atoms in total. The van der Waals surface area contributed by atoms with E-state index in [-0.39, 0.29) is 5.91 Å². The first-order valence-electron chi connectivity index (χ1n) is 6.25. The number of hydrogen-bond acceptors (Lipinski definition) is 3. The van der Waals surface area contributed by atoms with Gasteiger partial charge >= 0.3 is 0 Å². The van der Waals surface area contributed by atoms with Crippen molar-refractivity contribution in [2.24, 2.45) is 0 Å². The van der Waals surface area contributed by atoms with Crippen molar-refractivity contribution in [3.63, 3.8) is 0 Å². The van der Waals surface area contributed by atoms with Gasteiger partial charge in [0.2, 0.25) is 0 Å². The molecular weight excluding hydrogens is 214 g/mol. The molecule has 0 radical (unpaired) electrons. The Bertz CT molecular complexity index is 352. The summed E-state index contributed by atoms with van der Waals surface area (Å²) in [6, 6.07) is 1.75. The highest BCUT2D eigenvalue weighted by molar-refractivity contribution is 5.99. The van der Waals surface area contributed by atoms with E-state index in [4.69, 9.17) is 0 Å². The lowest BCUT2D eigenvalue weighted by Crippen LogP contribution is -2.25. The third kappa shape index (κ3) is 4.43. The van der Waals surface area contributed by atoms with E-state index in [1.54, 1.807) is 18.5 Å². The van der Waals surface area contributed by atoms with Gasteiger partial charge in [0.25, 0.3) is 5.91 Å². The van der Waals surface area contributed by atoms with Crippen LogP contribution in [0, 0.1) is 0 Å². The van der Waals surface area contributed by atoms with Crippen LogP contribution in [0.5, 0.6) is 0 Å². The molecule has 1 heterocycles. The molecule has 0 saturated heterocycles. The zero-order chi connectivity index (χ0) is 12.5. The van der Waals surface area contributed by atoms with E-state index in [1.165, 1.54) is 0 Å². The summed E-state index contributed by atoms with van der Waals surface area (Å²) in [5, 5.41) is 6.12. The second kappa shape index (κ2) is 7.65. The topological polar surface area (TPSA) is 54.0 Å². The molecule has 0 bridgehead atoms. The number of pyridine rings is 1. The maximum absolute atomic E-state index is 11.9. The molecule has 0 aliphatic heterocycles. The Balaban J connectivity index is 2.64. The second-order valence-corrected chi connectivity index (χ2v) is 3.96. The minimum Gasteiger partial charge on any atom is -0.383 e. The predicted molar refractivity (Wildman–Crippen MR) is 70.3 cm³/mol. The SMILES string of the molecule is CCCCNC(=O)c1ccncc1NCCC. The Kier molecular flexibility index (Phi) is 6.07. The van der Waals surface area contributed by atoms with Crippen LogP contribution < -0.4 is 10.6 Å². The number of carbonyl (C=O) groups is 1. The van der Waals surface area contributed by atoms with Crippen molar-refractivity contribution >= 4 is 11.6 Å². The summed E-state index contributed by atoms with van der Waals surface area (Å²) in [7, 11) is 0. The van der Waals surface area contributed by atoms with E-state index < -0.39 is 0 Å². The highest BCUT2D eigenvalue weighted by Gasteiger charge is 2.09. The van der Waals surface area contributed by atoms with Crippen LogP contribution in [-0.4, -0.2) is 24.0 Å². The first-order chi connectivity index (χ1) is 8.29. The maximum Gasteiger partial charge on any atom is 0.253 e. The fraction of sp³-hybridized carbons (Fsp3) is 0.538. The lowest BCUT2D eigenvalue weighted by atomic mass is 10.2. The van der Waals surface area contributed by atoms with Crippen molar-refractivity contribution in [2.45, 2.75) is 33.1 Å². The second-order valence-electron chi connectivity index (χ2n) is 3.96. The third-order valence-electron chi connectivity index (χ3n) is 2.45. The van der Waals surface area contributed by atoms with Crippen LogP contribution in [0.3, 0.4) is 0 Å². The first kappa shape index (κ1) is 13.5. The van der Waals surface area contributed by atoms with Crippen LogP contribution in [0.25, 0.3) is 0 Å². The fourth-order valence-corrected chi connectivity index (χ4v) is 1.47. The number of nitrogens with one attached hydrogen (secondary N) is 2. The Labute approximate surface area is 103 Å². The highest BCUT2D eigenvalue weighted by Crippen LogP contribution is 2.13. The van der Waals surface area contributed by atoms with Crippen molar-refractivity contribution in [3.05, 3.63) is 24.0 Å². The van der Waals surface area contributed by atoms with Crippen molar-refractivity contribution in [1.82, 2.24) is 10.3 Å². The molecule has 1 amide bonds. The fourth-order valence-electron chi connectivity index (χ4n) is 1.47. The molecule has 1 rings (SSSR count). The molecule has 0 fully saturated rings. The third-order valence-corrected chi connectivity index (χ3v) is 2.45. The van der Waals surface area contributed by atoms with Crippen LogP contribution in [-0.2, 0) is 0 Å². The summed E-state index contributed by atoms with van der Waals surface area (Å²) in [6.45, 7) is 5.77. The monoisotopic (exact) mass is 235 g/mol. The van der Waals surface area contributed by atoms with Crippen molar-refractivity contribution in [1.29, 1.82) is 0 Å². The Morgan fingerprint density at radius 2 is 2.12 bits per heavy atom. The van der Waals surface area contributed by atoms with Crippen LogP contribution >= 0.6 is 0 Å². The van der Waals surface area contributed by atoms with Crippen LogP contribution in [0.1, 0.15) is 43.5 Å². The average Bonchev–Trinajstić information content (AvgIpc) is 2.37. The van der Waals surface area contributed by atoms with Gasteiger partial charge in [-0.2, -0.15) is 0 Å². The number of hydrogen-bond donors (Lipinski definition) is 2. The van der Waals surface area contributed by atoms with Crippen LogP contribution in [0.4, 0.5) is 5.69 Å². The van der Waals surface area contributed by atoms with Gasteiger partial charge < -0.3 is 10.6 Å². The zero-order valence-electron chi connectivity index (χ0n) is 10.6. The number of anilines is 1. The normalized spacial score (nSPS) is 10.0. The van der Waals surface area contributed by atoms with Crippen LogP contribution in [0.15, 0.2) is 18.5 Å². The molecule has 0 unspecified atom stereocenters. The average molecular weight is 235 g/mol. The largest absolute Gasteiger partial charge is 0.383 e. The molecule has 0 atom stereocenters. The van der Waals surface area contributed by atoms with Gasteiger partial charge in [-0.05, 0) is 18.9 Å². The summed E-state index contributed by atoms with van der Waals surface area (Å²) in [5.74, 6) is -0.0283. The van der Waals surface area contributed by atoms with Crippen molar-refractivity contribution < 1.29 is 4.79 Å². The molecule has 4 heteroatoms. The molecule has 17 heavy (non-hydrogen) atoms. The molecule has 0 saturated carbocycles. The maximum atomic E-state index is 11.9. The number of rotatable bonds is 7. The van der Waals surface area contributed by atoms with E-state index in [0.717, 1.165) is 38.0 Å². The van der Waals surface area contributed by atoms with Gasteiger partial charge in [-0.1, -0.05) is 20.3 Å². The minimum absolute atomic E-state index is 0.0283. The summed E-state index contributed by atoms with van der Waals surface area (Å²) in [5.41, 5.74) is 1.48. The Morgan fingerprint density at radius 1 is 1.29 bits per heavy atom. The summed E-state index contributed by atoms with van der Waals surface area (Å²) in [4.78, 5) is 16.0. The molecule has 94 valence electrons. The molecule has 0 aliphatic rings. The number of carbonyl (C=O) groups excluding carboxylic acids is 1. The van der Waals surface area contributed by atoms with E-state index >= 15 is 0 Å². The molecular formula is C13H21N3O. The number of nitrogens with zero attached hydrogens (tertiary/aromatic N) is 1. The number of amides is 1. The van der Waals surface area contributed by atoms with E-state index in [9.17, 15) is 4.79 Å². The number of unbranched alkanes of at least 4 members (excludes halogenated alkanes) is 1. The van der Waals surface area contributed by atoms with E-state index in [0.29, 0.717) is 5.56 Å². The van der Waals surface area contributed by atoms with Gasteiger partial charge in [-0.15, -0.1) is 0 Å². The Hall–Kier alpha value is -1.58. The van der Waals surface area contributed by atoms with Gasteiger partial charge in [0.1, 0.15) is 0 Å². The lowest BCUT2D eigenvalue weighted by Gasteiger charge is -2.10. The molecule has 2 N–H and O–H groups in total. The van der Waals surface area contributed by atoms with Gasteiger partial charge in [0.05, 0.1) is 17.4 Å². The minimum atomic E-state index is -0.0283. The first-order valence-corrected chi connectivity index (χ1v) is 6.25. The summed E-state index contributed by atoms with van der Waals surface area (Å²) in [6.07, 6.45) is 6.45. The summed E-state index contributed by atoms with van der Waals surface area (Å²) >= 11 is 0. The van der Waals surface area contributed by atoms with Gasteiger partial charge in [0.15, 0.2) is 0 Å². The van der Waals surface area contributed by atoms with Crippen molar-refractivity contribution in [3.8, 4) is 0 Å². The van der Waals surface area contributed by atoms with E-state index in [2.05, 4.69) is 29.5 Å². The van der Waals surface area contributed by atoms with Crippen molar-refractivity contribution in [2.75, 3.05) is 18.4 Å². The van der Waals surface area contributed by atoms with Gasteiger partial charge in [-0.3, -0.25) is 9.78 Å². The van der Waals surface area contributed by atoms with Gasteiger partial charge in [0, 0.05) is 19.3 Å². The number of aromatic nitrogens is 1. The lowest BCUT2D eigenvalue weighted by molar-refractivity contribution is 0.0954. The van der Waals surface area contributed by atoms with Crippen LogP contribution in [0.2, 0.25) is 0 Å². The summed E-state index contributed by atoms with van der Waals surface area (Å²) < 4.78 is 0. The molecule has 0 aliphatic carbocycles. The predicted octanol–water partition coefficient (Wildman–Crippen LogP) is 2.43. The zero-order valence-corrected chi connectivity index (χ0v) is 10.6. The molecule has 1 aromatic heterocycles. The van der Waals surface area contributed by atoms with Gasteiger partial charge in [-0.25, -0.2) is 0 Å². The quantitative estimate of drug-likeness (QED) is 0.714. The molecule has 0 aromatic carbocycles. The molecule has 1 aromatic rings. The Morgan fingerprint density at radius 3 is 2.82 bits per heavy atom. The standard InChI is InChI=1S/C13H21N3O/c1-3-5-8-16-13(17)11-6-9-14-10-12(11)15-7-4-2/h6,9-10,15H,3-5,7-8H2,1-2H3,(H,16,17). The smallest absolute Gasteiger partial charge is 0.253 e. The van der Waals surface area contributed by atoms with E-state index in [1.807, 2.05) is 0 Å². The molecule has 0 spiro atoms. The highest BCUT2D eigenvalue weighted by atomic mass is 16.1.